The molecule has 0 spiro atoms. The number of carbonyl (C=O) groups is 1. The Bertz CT molecular complexity index is 182. The van der Waals surface area contributed by atoms with E-state index in [4.69, 9.17) is 0 Å². The van der Waals surface area contributed by atoms with E-state index in [-0.39, 0.29) is 5.91 Å². The van der Waals surface area contributed by atoms with Gasteiger partial charge in [-0.15, -0.1) is 6.58 Å². The molecule has 1 N–H and O–H groups in total. The second-order valence-electron chi connectivity index (χ2n) is 2.74. The molecule has 0 rings (SSSR count). The van der Waals surface area contributed by atoms with Crippen LogP contribution in [0.15, 0.2) is 24.3 Å². The minimum absolute atomic E-state index is 0.0775. The molecule has 1 amide bonds. The van der Waals surface area contributed by atoms with Crippen molar-refractivity contribution in [3.63, 3.8) is 0 Å². The second-order valence-corrected chi connectivity index (χ2v) is 2.74. The second kappa shape index (κ2) is 4.72. The van der Waals surface area contributed by atoms with Crippen molar-refractivity contribution in [2.45, 2.75) is 20.3 Å². The quantitative estimate of drug-likeness (QED) is 0.483. The molecule has 0 aliphatic heterocycles. The molecule has 0 saturated heterocycles. The van der Waals surface area contributed by atoms with Crippen LogP contribution in [0, 0.1) is 0 Å². The number of nitrogens with one attached hydrogen (secondary N) is 1. The third-order valence-corrected chi connectivity index (χ3v) is 1.22. The molecule has 62 valence electrons. The van der Waals surface area contributed by atoms with E-state index in [1.165, 1.54) is 0 Å². The summed E-state index contributed by atoms with van der Waals surface area (Å²) in [4.78, 5) is 10.9. The van der Waals surface area contributed by atoms with E-state index < -0.39 is 0 Å². The fourth-order valence-electron chi connectivity index (χ4n) is 0.540. The van der Waals surface area contributed by atoms with Gasteiger partial charge in [0.05, 0.1) is 0 Å². The van der Waals surface area contributed by atoms with Crippen LogP contribution in [-0.2, 0) is 4.79 Å². The molecule has 0 aromatic carbocycles. The molecule has 0 aromatic rings. The van der Waals surface area contributed by atoms with E-state index in [1.807, 2.05) is 6.92 Å². The van der Waals surface area contributed by atoms with Crippen LogP contribution in [0.4, 0.5) is 0 Å². The third-order valence-electron chi connectivity index (χ3n) is 1.22. The first-order valence-electron chi connectivity index (χ1n) is 3.62. The normalized spacial score (nSPS) is 8.91. The molecular weight excluding hydrogens is 138 g/mol. The highest BCUT2D eigenvalue weighted by Crippen LogP contribution is 1.93. The summed E-state index contributed by atoms with van der Waals surface area (Å²) in [7, 11) is 0. The van der Waals surface area contributed by atoms with Gasteiger partial charge in [-0.3, -0.25) is 4.79 Å². The Morgan fingerprint density at radius 3 is 2.27 bits per heavy atom. The van der Waals surface area contributed by atoms with Gasteiger partial charge in [0.15, 0.2) is 0 Å². The fraction of sp³-hybridized carbons (Fsp3) is 0.444. The van der Waals surface area contributed by atoms with Crippen LogP contribution in [0.3, 0.4) is 0 Å². The van der Waals surface area contributed by atoms with Crippen molar-refractivity contribution < 1.29 is 4.79 Å². The van der Waals surface area contributed by atoms with Gasteiger partial charge >= 0.3 is 0 Å². The van der Waals surface area contributed by atoms with Crippen LogP contribution >= 0.6 is 0 Å². The lowest BCUT2D eigenvalue weighted by Crippen LogP contribution is -2.24. The first kappa shape index (κ1) is 9.95. The molecular formula is C9H15NO. The third kappa shape index (κ3) is 5.40. The maximum absolute atomic E-state index is 10.9. The lowest BCUT2D eigenvalue weighted by molar-refractivity contribution is -0.117. The molecule has 0 aromatic heterocycles. The standard InChI is InChI=1S/C9H15NO/c1-7(2)5-6-10-9(11)8(3)4/h1,3,5-6H2,2,4H3,(H,10,11). The highest BCUT2D eigenvalue weighted by molar-refractivity contribution is 5.92. The van der Waals surface area contributed by atoms with Gasteiger partial charge in [-0.2, -0.15) is 0 Å². The van der Waals surface area contributed by atoms with Crippen LogP contribution in [0.5, 0.6) is 0 Å². The van der Waals surface area contributed by atoms with E-state index in [0.717, 1.165) is 12.0 Å². The van der Waals surface area contributed by atoms with Gasteiger partial charge in [0, 0.05) is 12.1 Å². The lowest BCUT2D eigenvalue weighted by atomic mass is 10.2. The number of carbonyl (C=O) groups excluding carboxylic acids is 1. The summed E-state index contributed by atoms with van der Waals surface area (Å²) in [6.45, 7) is 11.5. The van der Waals surface area contributed by atoms with Gasteiger partial charge in [-0.05, 0) is 20.3 Å². The maximum atomic E-state index is 10.9. The molecule has 0 unspecified atom stereocenters. The molecule has 0 aliphatic carbocycles. The molecule has 0 bridgehead atoms. The van der Waals surface area contributed by atoms with Crippen LogP contribution in [0.1, 0.15) is 20.3 Å². The van der Waals surface area contributed by atoms with Crippen molar-refractivity contribution >= 4 is 5.91 Å². The molecule has 11 heavy (non-hydrogen) atoms. The Kier molecular flexibility index (Phi) is 4.27. The molecule has 0 radical (unpaired) electrons. The van der Waals surface area contributed by atoms with Gasteiger partial charge in [-0.1, -0.05) is 12.2 Å². The molecule has 0 saturated carbocycles. The topological polar surface area (TPSA) is 29.1 Å². The SMILES string of the molecule is C=C(C)CCNC(=O)C(=C)C. The summed E-state index contributed by atoms with van der Waals surface area (Å²) in [5.41, 5.74) is 1.62. The van der Waals surface area contributed by atoms with E-state index in [1.54, 1.807) is 6.92 Å². The van der Waals surface area contributed by atoms with Gasteiger partial charge < -0.3 is 5.32 Å². The van der Waals surface area contributed by atoms with Gasteiger partial charge in [0.1, 0.15) is 0 Å². The van der Waals surface area contributed by atoms with Crippen molar-refractivity contribution in [3.05, 3.63) is 24.3 Å². The summed E-state index contributed by atoms with van der Waals surface area (Å²) in [6.07, 6.45) is 0.832. The summed E-state index contributed by atoms with van der Waals surface area (Å²) in [5.74, 6) is -0.0775. The smallest absolute Gasteiger partial charge is 0.246 e. The number of hydrogen-bond donors (Lipinski definition) is 1. The maximum Gasteiger partial charge on any atom is 0.246 e. The first-order chi connectivity index (χ1) is 5.04. The average molecular weight is 153 g/mol. The summed E-state index contributed by atoms with van der Waals surface area (Å²) in [6, 6.07) is 0. The Hall–Kier alpha value is -1.05. The summed E-state index contributed by atoms with van der Waals surface area (Å²) < 4.78 is 0. The number of hydrogen-bond acceptors (Lipinski definition) is 1. The highest BCUT2D eigenvalue weighted by Gasteiger charge is 1.98. The summed E-state index contributed by atoms with van der Waals surface area (Å²) >= 11 is 0. The van der Waals surface area contributed by atoms with Crippen molar-refractivity contribution in [1.82, 2.24) is 5.32 Å². The Labute approximate surface area is 68.0 Å². The molecule has 0 aliphatic rings. The number of amides is 1. The summed E-state index contributed by atoms with van der Waals surface area (Å²) in [5, 5.41) is 2.71. The van der Waals surface area contributed by atoms with Crippen LogP contribution < -0.4 is 5.32 Å². The Balaban J connectivity index is 3.47. The zero-order valence-corrected chi connectivity index (χ0v) is 7.24. The minimum atomic E-state index is -0.0775. The Morgan fingerprint density at radius 1 is 1.36 bits per heavy atom. The van der Waals surface area contributed by atoms with Crippen molar-refractivity contribution in [1.29, 1.82) is 0 Å². The van der Waals surface area contributed by atoms with Gasteiger partial charge in [0.2, 0.25) is 5.91 Å². The zero-order valence-electron chi connectivity index (χ0n) is 7.24. The van der Waals surface area contributed by atoms with E-state index >= 15 is 0 Å². The van der Waals surface area contributed by atoms with Crippen LogP contribution in [-0.4, -0.2) is 12.5 Å². The predicted molar refractivity (Wildman–Crippen MR) is 47.3 cm³/mol. The van der Waals surface area contributed by atoms with E-state index in [9.17, 15) is 4.79 Å². The molecule has 2 heteroatoms. The van der Waals surface area contributed by atoms with Crippen molar-refractivity contribution in [3.8, 4) is 0 Å². The van der Waals surface area contributed by atoms with Crippen molar-refractivity contribution in [2.75, 3.05) is 6.54 Å². The lowest BCUT2D eigenvalue weighted by Gasteiger charge is -2.02. The monoisotopic (exact) mass is 153 g/mol. The van der Waals surface area contributed by atoms with Crippen molar-refractivity contribution in [2.24, 2.45) is 0 Å². The molecule has 0 atom stereocenters. The molecule has 0 heterocycles. The predicted octanol–water partition coefficient (Wildman–Crippen LogP) is 1.64. The molecule has 2 nitrogen and oxygen atoms in total. The molecule has 0 fully saturated rings. The highest BCUT2D eigenvalue weighted by atomic mass is 16.1. The van der Waals surface area contributed by atoms with Gasteiger partial charge in [-0.25, -0.2) is 0 Å². The number of rotatable bonds is 4. The first-order valence-corrected chi connectivity index (χ1v) is 3.62. The fourth-order valence-corrected chi connectivity index (χ4v) is 0.540. The largest absolute Gasteiger partial charge is 0.352 e. The Morgan fingerprint density at radius 2 is 1.91 bits per heavy atom. The van der Waals surface area contributed by atoms with E-state index in [0.29, 0.717) is 12.1 Å². The minimum Gasteiger partial charge on any atom is -0.352 e. The zero-order chi connectivity index (χ0) is 8.85. The average Bonchev–Trinajstić information content (AvgIpc) is 1.86. The van der Waals surface area contributed by atoms with Crippen LogP contribution in [0.2, 0.25) is 0 Å². The van der Waals surface area contributed by atoms with Crippen LogP contribution in [0.25, 0.3) is 0 Å². The van der Waals surface area contributed by atoms with E-state index in [2.05, 4.69) is 18.5 Å². The van der Waals surface area contributed by atoms with Gasteiger partial charge in [0.25, 0.3) is 0 Å².